The highest BCUT2D eigenvalue weighted by molar-refractivity contribution is 8.00. The minimum absolute atomic E-state index is 0.0392. The van der Waals surface area contributed by atoms with Crippen LogP contribution in [-0.4, -0.2) is 31.1 Å². The van der Waals surface area contributed by atoms with E-state index in [1.165, 1.54) is 30.6 Å². The van der Waals surface area contributed by atoms with Crippen LogP contribution in [0, 0.1) is 0 Å². The maximum absolute atomic E-state index is 12.4. The first-order valence-corrected chi connectivity index (χ1v) is 10.3. The van der Waals surface area contributed by atoms with Gasteiger partial charge in [0.2, 0.25) is 0 Å². The van der Waals surface area contributed by atoms with Crippen LogP contribution >= 0.6 is 11.8 Å². The van der Waals surface area contributed by atoms with Gasteiger partial charge in [0.25, 0.3) is 0 Å². The number of thioether (sulfide) groups is 1. The van der Waals surface area contributed by atoms with E-state index in [1.807, 2.05) is 0 Å². The van der Waals surface area contributed by atoms with Crippen LogP contribution in [-0.2, 0) is 0 Å². The lowest BCUT2D eigenvalue weighted by molar-refractivity contribution is -0.0328. The summed E-state index contributed by atoms with van der Waals surface area (Å²) < 4.78 is 38.9. The van der Waals surface area contributed by atoms with Crippen molar-refractivity contribution in [2.75, 3.05) is 16.0 Å². The molecule has 2 heterocycles. The molecule has 3 N–H and O–H groups in total. The molecule has 4 aromatic rings. The number of alkyl halides is 3. The highest BCUT2D eigenvalue weighted by atomic mass is 32.2. The van der Waals surface area contributed by atoms with Crippen molar-refractivity contribution in [3.05, 3.63) is 79.6 Å². The summed E-state index contributed by atoms with van der Waals surface area (Å²) in [5, 5.41) is 8.39. The maximum Gasteiger partial charge on any atom is 0.446 e. The number of aromatic nitrogens is 4. The van der Waals surface area contributed by atoms with Crippen molar-refractivity contribution in [3.63, 3.8) is 0 Å². The molecule has 0 aliphatic heterocycles. The first kappa shape index (κ1) is 22.1. The molecule has 0 spiro atoms. The summed E-state index contributed by atoms with van der Waals surface area (Å²) in [6.45, 7) is 0. The standard InChI is InChI=1S/C21H16F3N7OS/c22-21(23,24)33-17-7-5-16(6-8-17)30-20(32)29-15-3-1-14(2-4-15)28-18-11-19(27-12-26-18)31-10-9-25-13-31/h1-13H,(H,26,27,28)(H2,29,30,32). The zero-order chi connectivity index (χ0) is 23.3. The lowest BCUT2D eigenvalue weighted by Gasteiger charge is -2.10. The van der Waals surface area contributed by atoms with Crippen LogP contribution in [0.4, 0.5) is 40.8 Å². The van der Waals surface area contributed by atoms with Crippen LogP contribution in [0.15, 0.2) is 84.5 Å². The van der Waals surface area contributed by atoms with Gasteiger partial charge in [-0.15, -0.1) is 0 Å². The molecule has 33 heavy (non-hydrogen) atoms. The lowest BCUT2D eigenvalue weighted by atomic mass is 10.2. The van der Waals surface area contributed by atoms with E-state index in [2.05, 4.69) is 30.9 Å². The molecule has 0 aliphatic carbocycles. The van der Waals surface area contributed by atoms with E-state index in [9.17, 15) is 18.0 Å². The minimum atomic E-state index is -4.36. The summed E-state index contributed by atoms with van der Waals surface area (Å²) in [5.74, 6) is 1.24. The molecule has 0 bridgehead atoms. The summed E-state index contributed by atoms with van der Waals surface area (Å²) in [4.78, 5) is 24.6. The predicted octanol–water partition coefficient (Wildman–Crippen LogP) is 5.66. The Bertz CT molecular complexity index is 1210. The number of benzene rings is 2. The Balaban J connectivity index is 1.32. The van der Waals surface area contributed by atoms with Gasteiger partial charge in [-0.05, 0) is 60.3 Å². The highest BCUT2D eigenvalue weighted by Crippen LogP contribution is 2.37. The van der Waals surface area contributed by atoms with E-state index >= 15 is 0 Å². The number of nitrogens with zero attached hydrogens (tertiary/aromatic N) is 4. The monoisotopic (exact) mass is 471 g/mol. The predicted molar refractivity (Wildman–Crippen MR) is 120 cm³/mol. The molecule has 2 amide bonds. The molecule has 0 unspecified atom stereocenters. The molecule has 0 aliphatic rings. The molecule has 0 saturated heterocycles. The van der Waals surface area contributed by atoms with Crippen molar-refractivity contribution < 1.29 is 18.0 Å². The van der Waals surface area contributed by atoms with E-state index in [0.29, 0.717) is 23.0 Å². The molecule has 0 saturated carbocycles. The third kappa shape index (κ3) is 6.46. The first-order chi connectivity index (χ1) is 15.8. The Kier molecular flexibility index (Phi) is 6.45. The zero-order valence-electron chi connectivity index (χ0n) is 16.7. The van der Waals surface area contributed by atoms with Gasteiger partial charge in [0.1, 0.15) is 24.3 Å². The second-order valence-electron chi connectivity index (χ2n) is 6.59. The van der Waals surface area contributed by atoms with Crippen LogP contribution in [0.2, 0.25) is 0 Å². The van der Waals surface area contributed by atoms with E-state index in [-0.39, 0.29) is 16.7 Å². The molecule has 12 heteroatoms. The van der Waals surface area contributed by atoms with Crippen LogP contribution in [0.3, 0.4) is 0 Å². The van der Waals surface area contributed by atoms with Gasteiger partial charge in [-0.3, -0.25) is 4.57 Å². The molecule has 0 atom stereocenters. The number of urea groups is 1. The Morgan fingerprint density at radius 3 is 2.15 bits per heavy atom. The van der Waals surface area contributed by atoms with E-state index in [0.717, 1.165) is 5.69 Å². The average Bonchev–Trinajstić information content (AvgIpc) is 3.31. The number of rotatable bonds is 6. The second kappa shape index (κ2) is 9.61. The first-order valence-electron chi connectivity index (χ1n) is 9.45. The van der Waals surface area contributed by atoms with Gasteiger partial charge in [0.05, 0.1) is 0 Å². The molecule has 2 aromatic heterocycles. The number of hydrogen-bond acceptors (Lipinski definition) is 6. The molecule has 2 aromatic carbocycles. The van der Waals surface area contributed by atoms with E-state index in [1.54, 1.807) is 53.6 Å². The number of carbonyl (C=O) groups excluding carboxylic acids is 1. The molecular formula is C21H16F3N7OS. The Morgan fingerprint density at radius 2 is 1.55 bits per heavy atom. The van der Waals surface area contributed by atoms with Crippen molar-refractivity contribution in [2.24, 2.45) is 0 Å². The average molecular weight is 471 g/mol. The maximum atomic E-state index is 12.4. The molecule has 168 valence electrons. The van der Waals surface area contributed by atoms with Gasteiger partial charge in [-0.25, -0.2) is 19.7 Å². The fourth-order valence-electron chi connectivity index (χ4n) is 2.77. The lowest BCUT2D eigenvalue weighted by Crippen LogP contribution is -2.19. The van der Waals surface area contributed by atoms with Crippen molar-refractivity contribution in [1.29, 1.82) is 0 Å². The van der Waals surface area contributed by atoms with Gasteiger partial charge in [0.15, 0.2) is 0 Å². The van der Waals surface area contributed by atoms with Gasteiger partial charge in [0, 0.05) is 40.4 Å². The third-order valence-electron chi connectivity index (χ3n) is 4.18. The number of halogens is 3. The third-order valence-corrected chi connectivity index (χ3v) is 4.92. The van der Waals surface area contributed by atoms with Crippen LogP contribution < -0.4 is 16.0 Å². The number of amides is 2. The smallest absolute Gasteiger partial charge is 0.340 e. The fraction of sp³-hybridized carbons (Fsp3) is 0.0476. The summed E-state index contributed by atoms with van der Waals surface area (Å²) in [5.41, 5.74) is -2.71. The van der Waals surface area contributed by atoms with Crippen LogP contribution in [0.25, 0.3) is 5.82 Å². The SMILES string of the molecule is O=C(Nc1ccc(Nc2cc(-n3ccnc3)ncn2)cc1)Nc1ccc(SC(F)(F)F)cc1. The van der Waals surface area contributed by atoms with Gasteiger partial charge in [-0.2, -0.15) is 13.2 Å². The van der Waals surface area contributed by atoms with Crippen molar-refractivity contribution in [2.45, 2.75) is 10.4 Å². The van der Waals surface area contributed by atoms with Crippen LogP contribution in [0.1, 0.15) is 0 Å². The van der Waals surface area contributed by atoms with E-state index < -0.39 is 11.5 Å². The largest absolute Gasteiger partial charge is 0.446 e. The fourth-order valence-corrected chi connectivity index (χ4v) is 3.31. The number of hydrogen-bond donors (Lipinski definition) is 3. The normalized spacial score (nSPS) is 11.1. The van der Waals surface area contributed by atoms with Crippen molar-refractivity contribution in [3.8, 4) is 5.82 Å². The van der Waals surface area contributed by atoms with Gasteiger partial charge >= 0.3 is 11.5 Å². The topological polar surface area (TPSA) is 96.8 Å². The molecule has 0 radical (unpaired) electrons. The van der Waals surface area contributed by atoms with Gasteiger partial charge < -0.3 is 16.0 Å². The Hall–Kier alpha value is -4.06. The quantitative estimate of drug-likeness (QED) is 0.314. The molecule has 0 fully saturated rings. The Labute approximate surface area is 190 Å². The molecule has 8 nitrogen and oxygen atoms in total. The second-order valence-corrected chi connectivity index (χ2v) is 7.72. The number of imidazole rings is 1. The zero-order valence-corrected chi connectivity index (χ0v) is 17.6. The highest BCUT2D eigenvalue weighted by Gasteiger charge is 2.29. The van der Waals surface area contributed by atoms with Crippen molar-refractivity contribution in [1.82, 2.24) is 19.5 Å². The summed E-state index contributed by atoms with van der Waals surface area (Å²) in [6.07, 6.45) is 6.49. The van der Waals surface area contributed by atoms with E-state index in [4.69, 9.17) is 0 Å². The molecular weight excluding hydrogens is 455 g/mol. The van der Waals surface area contributed by atoms with Crippen LogP contribution in [0.5, 0.6) is 0 Å². The van der Waals surface area contributed by atoms with Crippen molar-refractivity contribution >= 4 is 40.7 Å². The van der Waals surface area contributed by atoms with Gasteiger partial charge in [-0.1, -0.05) is 0 Å². The summed E-state index contributed by atoms with van der Waals surface area (Å²) >= 11 is -0.213. The summed E-state index contributed by atoms with van der Waals surface area (Å²) in [6, 6.07) is 13.6. The number of nitrogens with one attached hydrogen (secondary N) is 3. The molecule has 4 rings (SSSR count). The Morgan fingerprint density at radius 1 is 0.909 bits per heavy atom. The minimum Gasteiger partial charge on any atom is -0.340 e. The number of anilines is 4. The summed E-state index contributed by atoms with van der Waals surface area (Å²) in [7, 11) is 0. The number of carbonyl (C=O) groups is 1.